The molecule has 1 aliphatic heterocycles. The van der Waals surface area contributed by atoms with Crippen LogP contribution in [0.1, 0.15) is 19.3 Å². The molecule has 2 heterocycles. The summed E-state index contributed by atoms with van der Waals surface area (Å²) in [6.45, 7) is 0.976. The molecular weight excluding hydrogens is 242 g/mol. The van der Waals surface area contributed by atoms with Crippen LogP contribution in [-0.2, 0) is 4.79 Å². The first-order valence-electron chi connectivity index (χ1n) is 6.82. The van der Waals surface area contributed by atoms with E-state index in [2.05, 4.69) is 15.6 Å². The lowest BCUT2D eigenvalue weighted by molar-refractivity contribution is -0.118. The van der Waals surface area contributed by atoms with Gasteiger partial charge in [-0.1, -0.05) is 6.42 Å². The quantitative estimate of drug-likeness (QED) is 0.863. The lowest BCUT2D eigenvalue weighted by atomic mass is 9.93. The number of carbonyl (C=O) groups is 1. The third-order valence-corrected chi connectivity index (χ3v) is 4.24. The van der Waals surface area contributed by atoms with Crippen LogP contribution >= 0.6 is 0 Å². The van der Waals surface area contributed by atoms with Crippen molar-refractivity contribution < 1.29 is 9.53 Å². The number of nitrogens with one attached hydrogen (secondary N) is 2. The highest BCUT2D eigenvalue weighted by Crippen LogP contribution is 2.37. The summed E-state index contributed by atoms with van der Waals surface area (Å²) >= 11 is 0. The molecule has 0 aromatic carbocycles. The maximum absolute atomic E-state index is 12.3. The zero-order valence-corrected chi connectivity index (χ0v) is 11.1. The molecule has 1 saturated carbocycles. The van der Waals surface area contributed by atoms with E-state index in [4.69, 9.17) is 4.74 Å². The van der Waals surface area contributed by atoms with E-state index in [-0.39, 0.29) is 11.9 Å². The van der Waals surface area contributed by atoms with Gasteiger partial charge in [-0.3, -0.25) is 4.79 Å². The van der Waals surface area contributed by atoms with E-state index in [1.165, 1.54) is 12.8 Å². The number of anilines is 1. The van der Waals surface area contributed by atoms with Gasteiger partial charge in [-0.05, 0) is 37.3 Å². The van der Waals surface area contributed by atoms with Crippen LogP contribution in [0.4, 0.5) is 5.69 Å². The van der Waals surface area contributed by atoms with Gasteiger partial charge in [0.25, 0.3) is 0 Å². The topological polar surface area (TPSA) is 63.2 Å². The maximum Gasteiger partial charge on any atom is 0.241 e. The predicted molar refractivity (Wildman–Crippen MR) is 72.0 cm³/mol. The Balaban J connectivity index is 1.64. The predicted octanol–water partition coefficient (Wildman–Crippen LogP) is 1.42. The van der Waals surface area contributed by atoms with Gasteiger partial charge in [-0.25, -0.2) is 4.98 Å². The van der Waals surface area contributed by atoms with Crippen LogP contribution < -0.4 is 15.4 Å². The Morgan fingerprint density at radius 2 is 2.37 bits per heavy atom. The summed E-state index contributed by atoms with van der Waals surface area (Å²) in [5.41, 5.74) is 0.717. The Morgan fingerprint density at radius 1 is 1.47 bits per heavy atom. The van der Waals surface area contributed by atoms with Crippen molar-refractivity contribution in [1.29, 1.82) is 0 Å². The van der Waals surface area contributed by atoms with Crippen LogP contribution in [0.25, 0.3) is 0 Å². The largest absolute Gasteiger partial charge is 0.481 e. The molecule has 3 atom stereocenters. The third kappa shape index (κ3) is 2.42. The van der Waals surface area contributed by atoms with E-state index >= 15 is 0 Å². The molecule has 1 aliphatic carbocycles. The van der Waals surface area contributed by atoms with Gasteiger partial charge < -0.3 is 15.4 Å². The number of carbonyl (C=O) groups excluding carboxylic acids is 1. The number of aromatic nitrogens is 1. The summed E-state index contributed by atoms with van der Waals surface area (Å²) in [6, 6.07) is 3.51. The van der Waals surface area contributed by atoms with Crippen LogP contribution in [0.2, 0.25) is 0 Å². The van der Waals surface area contributed by atoms with Crippen molar-refractivity contribution in [3.63, 3.8) is 0 Å². The molecule has 0 spiro atoms. The number of amides is 1. The fraction of sp³-hybridized carbons (Fsp3) is 0.571. The molecule has 2 fully saturated rings. The van der Waals surface area contributed by atoms with Crippen molar-refractivity contribution in [3.8, 4) is 5.88 Å². The zero-order chi connectivity index (χ0) is 13.2. The molecule has 3 unspecified atom stereocenters. The molecule has 102 valence electrons. The van der Waals surface area contributed by atoms with Crippen molar-refractivity contribution in [2.75, 3.05) is 19.0 Å². The number of rotatable bonds is 3. The number of ether oxygens (including phenoxy) is 1. The van der Waals surface area contributed by atoms with Crippen molar-refractivity contribution in [2.45, 2.75) is 25.3 Å². The minimum Gasteiger partial charge on any atom is -0.481 e. The van der Waals surface area contributed by atoms with Crippen molar-refractivity contribution >= 4 is 11.6 Å². The Bertz CT molecular complexity index is 460. The van der Waals surface area contributed by atoms with Crippen LogP contribution in [0.5, 0.6) is 5.88 Å². The second kappa shape index (κ2) is 5.17. The van der Waals surface area contributed by atoms with E-state index in [9.17, 15) is 4.79 Å². The van der Waals surface area contributed by atoms with Crippen molar-refractivity contribution in [1.82, 2.24) is 10.3 Å². The summed E-state index contributed by atoms with van der Waals surface area (Å²) in [6.07, 6.45) is 5.30. The molecule has 3 rings (SSSR count). The standard InChI is InChI=1S/C14H19N3O2/c1-19-12-6-5-10(8-15-12)17-14(18)13-11-4-2-3-9(11)7-16-13/h5-6,8-9,11,13,16H,2-4,7H2,1H3,(H,17,18). The number of hydrogen-bond donors (Lipinski definition) is 2. The molecule has 5 heteroatoms. The first-order valence-corrected chi connectivity index (χ1v) is 6.82. The summed E-state index contributed by atoms with van der Waals surface area (Å²) in [5, 5.41) is 6.27. The third-order valence-electron chi connectivity index (χ3n) is 4.24. The molecule has 0 radical (unpaired) electrons. The fourth-order valence-corrected chi connectivity index (χ4v) is 3.27. The normalized spacial score (nSPS) is 29.0. The molecule has 1 saturated heterocycles. The maximum atomic E-state index is 12.3. The molecular formula is C14H19N3O2. The second-order valence-corrected chi connectivity index (χ2v) is 5.32. The van der Waals surface area contributed by atoms with Gasteiger partial charge >= 0.3 is 0 Å². The van der Waals surface area contributed by atoms with E-state index in [0.717, 1.165) is 13.0 Å². The SMILES string of the molecule is COc1ccc(NC(=O)C2NCC3CCCC32)cn1. The number of nitrogens with zero attached hydrogens (tertiary/aromatic N) is 1. The number of hydrogen-bond acceptors (Lipinski definition) is 4. The number of pyridine rings is 1. The number of fused-ring (bicyclic) bond motifs is 1. The summed E-state index contributed by atoms with van der Waals surface area (Å²) < 4.78 is 4.99. The van der Waals surface area contributed by atoms with Gasteiger partial charge in [-0.15, -0.1) is 0 Å². The van der Waals surface area contributed by atoms with E-state index in [1.54, 1.807) is 19.4 Å². The smallest absolute Gasteiger partial charge is 0.241 e. The van der Waals surface area contributed by atoms with Gasteiger partial charge in [0.15, 0.2) is 0 Å². The van der Waals surface area contributed by atoms with Gasteiger partial charge in [-0.2, -0.15) is 0 Å². The van der Waals surface area contributed by atoms with Crippen LogP contribution in [0, 0.1) is 11.8 Å². The van der Waals surface area contributed by atoms with Crippen LogP contribution in [0.3, 0.4) is 0 Å². The Morgan fingerprint density at radius 3 is 3.11 bits per heavy atom. The van der Waals surface area contributed by atoms with Gasteiger partial charge in [0.05, 0.1) is 25.0 Å². The molecule has 0 bridgehead atoms. The summed E-state index contributed by atoms with van der Waals surface area (Å²) in [5.74, 6) is 1.80. The second-order valence-electron chi connectivity index (χ2n) is 5.32. The zero-order valence-electron chi connectivity index (χ0n) is 11.1. The first-order chi connectivity index (χ1) is 9.28. The Kier molecular flexibility index (Phi) is 3.38. The van der Waals surface area contributed by atoms with Crippen LogP contribution in [0.15, 0.2) is 18.3 Å². The minimum atomic E-state index is -0.0467. The number of methoxy groups -OCH3 is 1. The van der Waals surface area contributed by atoms with Gasteiger partial charge in [0.1, 0.15) is 0 Å². The highest BCUT2D eigenvalue weighted by Gasteiger charge is 2.42. The summed E-state index contributed by atoms with van der Waals surface area (Å²) in [4.78, 5) is 16.4. The average molecular weight is 261 g/mol. The van der Waals surface area contributed by atoms with Crippen molar-refractivity contribution in [2.24, 2.45) is 11.8 Å². The van der Waals surface area contributed by atoms with E-state index in [1.807, 2.05) is 6.07 Å². The Hall–Kier alpha value is -1.62. The lowest BCUT2D eigenvalue weighted by Crippen LogP contribution is -2.39. The monoisotopic (exact) mass is 261 g/mol. The van der Waals surface area contributed by atoms with Crippen LogP contribution in [-0.4, -0.2) is 30.6 Å². The Labute approximate surface area is 112 Å². The van der Waals surface area contributed by atoms with Gasteiger partial charge in [0.2, 0.25) is 11.8 Å². The molecule has 1 aromatic heterocycles. The molecule has 2 aliphatic rings. The highest BCUT2D eigenvalue weighted by atomic mass is 16.5. The van der Waals surface area contributed by atoms with Gasteiger partial charge in [0, 0.05) is 6.07 Å². The van der Waals surface area contributed by atoms with E-state index < -0.39 is 0 Å². The molecule has 1 aromatic rings. The van der Waals surface area contributed by atoms with E-state index in [0.29, 0.717) is 23.4 Å². The molecule has 19 heavy (non-hydrogen) atoms. The fourth-order valence-electron chi connectivity index (χ4n) is 3.27. The van der Waals surface area contributed by atoms with Crippen molar-refractivity contribution in [3.05, 3.63) is 18.3 Å². The summed E-state index contributed by atoms with van der Waals surface area (Å²) in [7, 11) is 1.57. The molecule has 1 amide bonds. The minimum absolute atomic E-state index is 0.0467. The highest BCUT2D eigenvalue weighted by molar-refractivity contribution is 5.95. The molecule has 2 N–H and O–H groups in total. The average Bonchev–Trinajstić information content (AvgIpc) is 3.01. The lowest BCUT2D eigenvalue weighted by Gasteiger charge is -2.17. The molecule has 5 nitrogen and oxygen atoms in total. The first kappa shape index (κ1) is 12.4.